The van der Waals surface area contributed by atoms with Gasteiger partial charge in [-0.1, -0.05) is 0 Å². The van der Waals surface area contributed by atoms with Gasteiger partial charge in [0.25, 0.3) is 0 Å². The largest absolute Gasteiger partial charge is 0.340 e. The highest BCUT2D eigenvalue weighted by molar-refractivity contribution is 5.92. The molecule has 4 aromatic rings. The Balaban J connectivity index is 1.59. The molecule has 0 aliphatic carbocycles. The number of fused-ring (bicyclic) bond motifs is 1. The van der Waals surface area contributed by atoms with Crippen molar-refractivity contribution in [3.05, 3.63) is 54.5 Å². The van der Waals surface area contributed by atoms with Gasteiger partial charge in [0.05, 0.1) is 23.6 Å². The summed E-state index contributed by atoms with van der Waals surface area (Å²) in [5.74, 6) is 1.55. The fraction of sp³-hybridized carbons (Fsp3) is 0.333. The Morgan fingerprint density at radius 1 is 1.18 bits per heavy atom. The van der Waals surface area contributed by atoms with E-state index < -0.39 is 0 Å². The summed E-state index contributed by atoms with van der Waals surface area (Å²) in [4.78, 5) is 32.5. The van der Waals surface area contributed by atoms with Crippen LogP contribution >= 0.6 is 0 Å². The minimum absolute atomic E-state index is 0.0567. The third kappa shape index (κ3) is 4.26. The van der Waals surface area contributed by atoms with Crippen LogP contribution in [-0.2, 0) is 4.79 Å². The average Bonchev–Trinajstić information content (AvgIpc) is 3.28. The van der Waals surface area contributed by atoms with Crippen molar-refractivity contribution in [2.75, 3.05) is 11.9 Å². The number of carbonyl (C=O) groups excluding carboxylic acids is 1. The zero-order valence-corrected chi connectivity index (χ0v) is 18.9. The summed E-state index contributed by atoms with van der Waals surface area (Å²) in [7, 11) is 0. The number of piperidine rings is 1. The quantitative estimate of drug-likeness (QED) is 0.491. The smallest absolute Gasteiger partial charge is 0.219 e. The number of anilines is 2. The van der Waals surface area contributed by atoms with E-state index in [0.717, 1.165) is 52.2 Å². The van der Waals surface area contributed by atoms with Crippen molar-refractivity contribution >= 4 is 28.3 Å². The molecule has 5 heterocycles. The number of likely N-dealkylation sites (tertiary alicyclic amines) is 1. The van der Waals surface area contributed by atoms with E-state index >= 15 is 0 Å². The van der Waals surface area contributed by atoms with Crippen molar-refractivity contribution in [1.29, 1.82) is 0 Å². The molecular formula is C24H26N8O. The Kier molecular flexibility index (Phi) is 5.45. The number of hydrogen-bond donors (Lipinski definition) is 2. The first-order valence-electron chi connectivity index (χ1n) is 11.1. The molecule has 2 atom stereocenters. The number of H-pyrrole nitrogens is 1. The van der Waals surface area contributed by atoms with Crippen molar-refractivity contribution in [1.82, 2.24) is 35.0 Å². The monoisotopic (exact) mass is 442 g/mol. The van der Waals surface area contributed by atoms with Crippen LogP contribution in [0.4, 0.5) is 11.5 Å². The first kappa shape index (κ1) is 21.0. The summed E-state index contributed by atoms with van der Waals surface area (Å²) in [5.41, 5.74) is 4.31. The second-order valence-corrected chi connectivity index (χ2v) is 8.62. The standard InChI is InChI=1S/C24H26N8O/c1-14-8-18(6-7-26-14)28-23-9-21(19-10-25-12-22-20(19)11-27-31-22)29-24(30-23)17-5-4-15(2)32(13-17)16(3)33/h6-12,15,17H,4-5,13H2,1-3H3,(H,27,31)(H,26,28,29,30)/t15-,17+/m0/s1. The van der Waals surface area contributed by atoms with E-state index in [-0.39, 0.29) is 17.9 Å². The maximum absolute atomic E-state index is 12.2. The van der Waals surface area contributed by atoms with Crippen LogP contribution in [0.5, 0.6) is 0 Å². The lowest BCUT2D eigenvalue weighted by atomic mass is 9.92. The van der Waals surface area contributed by atoms with Crippen LogP contribution < -0.4 is 5.32 Å². The normalized spacial score (nSPS) is 18.5. The average molecular weight is 443 g/mol. The molecule has 1 fully saturated rings. The Hall–Kier alpha value is -3.88. The molecule has 9 nitrogen and oxygen atoms in total. The Morgan fingerprint density at radius 3 is 2.88 bits per heavy atom. The molecule has 1 saturated heterocycles. The Bertz CT molecular complexity index is 1320. The molecule has 0 saturated carbocycles. The van der Waals surface area contributed by atoms with Crippen molar-refractivity contribution in [2.24, 2.45) is 0 Å². The van der Waals surface area contributed by atoms with Crippen LogP contribution in [0, 0.1) is 6.92 Å². The highest BCUT2D eigenvalue weighted by atomic mass is 16.2. The van der Waals surface area contributed by atoms with Crippen LogP contribution in [0.3, 0.4) is 0 Å². The van der Waals surface area contributed by atoms with Crippen molar-refractivity contribution in [3.8, 4) is 11.3 Å². The lowest BCUT2D eigenvalue weighted by Crippen LogP contribution is -2.44. The Morgan fingerprint density at radius 2 is 2.06 bits per heavy atom. The molecule has 0 bridgehead atoms. The number of carbonyl (C=O) groups is 1. The van der Waals surface area contributed by atoms with E-state index in [2.05, 4.69) is 32.4 Å². The second-order valence-electron chi connectivity index (χ2n) is 8.62. The number of nitrogens with zero attached hydrogens (tertiary/aromatic N) is 6. The number of hydrogen-bond acceptors (Lipinski definition) is 7. The van der Waals surface area contributed by atoms with E-state index in [0.29, 0.717) is 12.4 Å². The molecule has 0 aromatic carbocycles. The number of aryl methyl sites for hydroxylation is 1. The second kappa shape index (κ2) is 8.57. The molecule has 0 radical (unpaired) electrons. The van der Waals surface area contributed by atoms with Gasteiger partial charge in [0.1, 0.15) is 11.6 Å². The van der Waals surface area contributed by atoms with Crippen LogP contribution in [-0.4, -0.2) is 53.5 Å². The maximum atomic E-state index is 12.2. The fourth-order valence-corrected chi connectivity index (χ4v) is 4.45. The summed E-state index contributed by atoms with van der Waals surface area (Å²) < 4.78 is 0. The van der Waals surface area contributed by atoms with Gasteiger partial charge in [-0.05, 0) is 38.8 Å². The lowest BCUT2D eigenvalue weighted by Gasteiger charge is -2.37. The molecule has 0 spiro atoms. The number of amides is 1. The number of aromatic nitrogens is 6. The molecule has 2 N–H and O–H groups in total. The SMILES string of the molecule is CC(=O)N1C[C@H](c2nc(Nc3ccnc(C)c3)cc(-c3cncc4[nH]ncc34)n2)CC[C@@H]1C. The van der Waals surface area contributed by atoms with Crippen LogP contribution in [0.1, 0.15) is 44.1 Å². The third-order valence-corrected chi connectivity index (χ3v) is 6.21. The number of aromatic amines is 1. The van der Waals surface area contributed by atoms with Gasteiger partial charge in [-0.15, -0.1) is 0 Å². The van der Waals surface area contributed by atoms with Gasteiger partial charge in [-0.25, -0.2) is 9.97 Å². The summed E-state index contributed by atoms with van der Waals surface area (Å²) >= 11 is 0. The highest BCUT2D eigenvalue weighted by Crippen LogP contribution is 2.33. The first-order chi connectivity index (χ1) is 16.0. The molecule has 33 heavy (non-hydrogen) atoms. The molecule has 1 aliphatic heterocycles. The number of nitrogens with one attached hydrogen (secondary N) is 2. The van der Waals surface area contributed by atoms with E-state index in [1.807, 2.05) is 30.0 Å². The maximum Gasteiger partial charge on any atom is 0.219 e. The van der Waals surface area contributed by atoms with E-state index in [9.17, 15) is 4.79 Å². The minimum atomic E-state index is 0.0567. The molecule has 5 rings (SSSR count). The van der Waals surface area contributed by atoms with Gasteiger partial charge in [-0.3, -0.25) is 19.9 Å². The van der Waals surface area contributed by atoms with E-state index in [1.54, 1.807) is 31.7 Å². The predicted octanol–water partition coefficient (Wildman–Crippen LogP) is 3.98. The summed E-state index contributed by atoms with van der Waals surface area (Å²) in [6, 6.07) is 6.03. The van der Waals surface area contributed by atoms with Gasteiger partial charge < -0.3 is 10.2 Å². The van der Waals surface area contributed by atoms with Gasteiger partial charge in [0.2, 0.25) is 5.91 Å². The van der Waals surface area contributed by atoms with E-state index in [4.69, 9.17) is 9.97 Å². The number of pyridine rings is 2. The van der Waals surface area contributed by atoms with Gasteiger partial charge >= 0.3 is 0 Å². The Labute approximate surface area is 191 Å². The molecule has 9 heteroatoms. The van der Waals surface area contributed by atoms with Crippen molar-refractivity contribution < 1.29 is 4.79 Å². The van der Waals surface area contributed by atoms with Gasteiger partial charge in [0, 0.05) is 66.2 Å². The highest BCUT2D eigenvalue weighted by Gasteiger charge is 2.30. The van der Waals surface area contributed by atoms with Crippen molar-refractivity contribution in [2.45, 2.75) is 45.6 Å². The third-order valence-electron chi connectivity index (χ3n) is 6.21. The summed E-state index contributed by atoms with van der Waals surface area (Å²) in [6.07, 6.45) is 8.95. The van der Waals surface area contributed by atoms with Crippen LogP contribution in [0.2, 0.25) is 0 Å². The molecule has 4 aromatic heterocycles. The minimum Gasteiger partial charge on any atom is -0.340 e. The number of rotatable bonds is 4. The molecule has 168 valence electrons. The molecule has 1 aliphatic rings. The fourth-order valence-electron chi connectivity index (χ4n) is 4.45. The van der Waals surface area contributed by atoms with Crippen molar-refractivity contribution in [3.63, 3.8) is 0 Å². The zero-order chi connectivity index (χ0) is 22.9. The predicted molar refractivity (Wildman–Crippen MR) is 126 cm³/mol. The zero-order valence-electron chi connectivity index (χ0n) is 18.9. The lowest BCUT2D eigenvalue weighted by molar-refractivity contribution is -0.132. The summed E-state index contributed by atoms with van der Waals surface area (Å²) in [5, 5.41) is 11.5. The summed E-state index contributed by atoms with van der Waals surface area (Å²) in [6.45, 7) is 6.29. The van der Waals surface area contributed by atoms with Crippen LogP contribution in [0.15, 0.2) is 43.0 Å². The van der Waals surface area contributed by atoms with Gasteiger partial charge in [0.15, 0.2) is 0 Å². The first-order valence-corrected chi connectivity index (χ1v) is 11.1. The molecule has 0 unspecified atom stereocenters. The molecular weight excluding hydrogens is 416 g/mol. The molecule has 1 amide bonds. The van der Waals surface area contributed by atoms with Gasteiger partial charge in [-0.2, -0.15) is 5.10 Å². The van der Waals surface area contributed by atoms with E-state index in [1.165, 1.54) is 0 Å². The van der Waals surface area contributed by atoms with Crippen LogP contribution in [0.25, 0.3) is 22.2 Å². The topological polar surface area (TPSA) is 113 Å².